The second-order valence-corrected chi connectivity index (χ2v) is 11.6. The molecule has 6 rings (SSSR count). The van der Waals surface area contributed by atoms with Gasteiger partial charge in [0.1, 0.15) is 17.3 Å². The number of anilines is 6. The highest BCUT2D eigenvalue weighted by Gasteiger charge is 2.37. The number of piperidine rings is 2. The second-order valence-electron chi connectivity index (χ2n) is 10.9. The monoisotopic (exact) mass is 578 g/mol. The first-order valence-electron chi connectivity index (χ1n) is 14.0. The quantitative estimate of drug-likeness (QED) is 0.166. The molecule has 2 aliphatic rings. The van der Waals surface area contributed by atoms with Crippen molar-refractivity contribution in [1.29, 1.82) is 0 Å². The van der Waals surface area contributed by atoms with Crippen LogP contribution < -0.4 is 20.3 Å². The first-order valence-corrected chi connectivity index (χ1v) is 15.1. The van der Waals surface area contributed by atoms with E-state index in [1.165, 1.54) is 32.0 Å². The number of likely N-dealkylation sites (tertiary alicyclic amines) is 1. The van der Waals surface area contributed by atoms with Gasteiger partial charge in [-0.3, -0.25) is 9.27 Å². The minimum atomic E-state index is -2.23. The lowest BCUT2D eigenvalue weighted by Gasteiger charge is -2.47. The van der Waals surface area contributed by atoms with Gasteiger partial charge in [-0.05, 0) is 87.1 Å². The van der Waals surface area contributed by atoms with Crippen molar-refractivity contribution in [3.63, 3.8) is 0 Å². The highest BCUT2D eigenvalue weighted by atomic mass is 32.2. The Labute approximate surface area is 241 Å². The lowest BCUT2D eigenvalue weighted by Crippen LogP contribution is -2.47. The van der Waals surface area contributed by atoms with E-state index in [2.05, 4.69) is 47.0 Å². The van der Waals surface area contributed by atoms with E-state index in [0.717, 1.165) is 37.9 Å². The highest BCUT2D eigenvalue weighted by molar-refractivity contribution is 7.80. The molecule has 1 spiro atoms. The minimum absolute atomic E-state index is 0.275. The number of nitrogens with zero attached hydrogens (tertiary/aromatic N) is 4. The fourth-order valence-corrected chi connectivity index (χ4v) is 6.40. The fourth-order valence-electron chi connectivity index (χ4n) is 6.03. The van der Waals surface area contributed by atoms with Gasteiger partial charge in [0.05, 0.1) is 22.4 Å². The van der Waals surface area contributed by atoms with Gasteiger partial charge in [-0.2, -0.15) is 9.97 Å². The van der Waals surface area contributed by atoms with Crippen LogP contribution in [0.15, 0.2) is 54.7 Å². The zero-order valence-corrected chi connectivity index (χ0v) is 23.8. The van der Waals surface area contributed by atoms with Crippen LogP contribution >= 0.6 is 0 Å². The summed E-state index contributed by atoms with van der Waals surface area (Å²) in [6.45, 7) is 7.44. The lowest BCUT2D eigenvalue weighted by molar-refractivity contribution is 0.0830. The Morgan fingerprint density at radius 3 is 2.44 bits per heavy atom. The minimum Gasteiger partial charge on any atom is -0.369 e. The van der Waals surface area contributed by atoms with Crippen LogP contribution in [0.1, 0.15) is 32.6 Å². The maximum atomic E-state index is 15.4. The molecule has 1 unspecified atom stereocenters. The van der Waals surface area contributed by atoms with Crippen molar-refractivity contribution in [2.24, 2.45) is 5.41 Å². The molecule has 0 radical (unpaired) electrons. The van der Waals surface area contributed by atoms with Gasteiger partial charge >= 0.3 is 0 Å². The molecule has 2 aliphatic heterocycles. The molecule has 2 fully saturated rings. The highest BCUT2D eigenvalue weighted by Crippen LogP contribution is 2.42. The number of aromatic nitrogens is 3. The number of rotatable bonds is 8. The van der Waals surface area contributed by atoms with E-state index in [1.807, 2.05) is 24.3 Å². The zero-order chi connectivity index (χ0) is 28.4. The van der Waals surface area contributed by atoms with Crippen LogP contribution in [0.3, 0.4) is 0 Å². The predicted octanol–water partition coefficient (Wildman–Crippen LogP) is 5.84. The summed E-state index contributed by atoms with van der Waals surface area (Å²) < 4.78 is 38.5. The van der Waals surface area contributed by atoms with E-state index in [0.29, 0.717) is 39.6 Å². The Hall–Kier alpha value is -3.74. The number of fused-ring (bicyclic) bond motifs is 1. The second kappa shape index (κ2) is 11.6. The van der Waals surface area contributed by atoms with E-state index in [4.69, 9.17) is 0 Å². The fraction of sp³-hybridized carbons (Fsp3) is 0.379. The van der Waals surface area contributed by atoms with Crippen LogP contribution in [-0.2, 0) is 11.3 Å². The van der Waals surface area contributed by atoms with Crippen molar-refractivity contribution >= 4 is 56.8 Å². The number of H-pyrrole nitrogens is 1. The van der Waals surface area contributed by atoms with E-state index in [-0.39, 0.29) is 11.8 Å². The van der Waals surface area contributed by atoms with E-state index in [9.17, 15) is 8.76 Å². The summed E-state index contributed by atoms with van der Waals surface area (Å²) in [5, 5.41) is 7.10. The maximum Gasteiger partial charge on any atom is 0.259 e. The van der Waals surface area contributed by atoms with Crippen molar-refractivity contribution in [2.45, 2.75) is 32.6 Å². The first kappa shape index (κ1) is 27.4. The molecule has 2 aromatic heterocycles. The van der Waals surface area contributed by atoms with Gasteiger partial charge < -0.3 is 25.4 Å². The molecule has 41 heavy (non-hydrogen) atoms. The van der Waals surface area contributed by atoms with Crippen molar-refractivity contribution in [3.8, 4) is 0 Å². The zero-order valence-electron chi connectivity index (χ0n) is 23.0. The molecule has 2 aromatic carbocycles. The molecule has 0 amide bonds. The van der Waals surface area contributed by atoms with Crippen molar-refractivity contribution < 1.29 is 13.2 Å². The van der Waals surface area contributed by atoms with Crippen LogP contribution in [0.2, 0.25) is 0 Å². The summed E-state index contributed by atoms with van der Waals surface area (Å²) in [6, 6.07) is 14.0. The predicted molar refractivity (Wildman–Crippen MR) is 163 cm³/mol. The van der Waals surface area contributed by atoms with Gasteiger partial charge in [0.15, 0.2) is 0 Å². The maximum absolute atomic E-state index is 15.4. The first-order chi connectivity index (χ1) is 19.9. The molecule has 12 heteroatoms. The Morgan fingerprint density at radius 1 is 1.00 bits per heavy atom. The van der Waals surface area contributed by atoms with E-state index in [1.54, 1.807) is 24.4 Å². The number of hydrogen-bond acceptors (Lipinski definition) is 7. The molecule has 4 aromatic rings. The SMILES string of the molecule is CCN1CCC2(CC1)CCN(c1ccc(Nc3nc(Nc4ccccc4NS(=O)O)c4cc[nH]c4n3)cc1F)CC2. The molecular formula is C29H35FN8O2S. The largest absolute Gasteiger partial charge is 0.369 e. The van der Waals surface area contributed by atoms with E-state index < -0.39 is 11.3 Å². The lowest BCUT2D eigenvalue weighted by atomic mass is 9.71. The van der Waals surface area contributed by atoms with Gasteiger partial charge in [0.25, 0.3) is 11.3 Å². The van der Waals surface area contributed by atoms with Crippen LogP contribution in [0, 0.1) is 11.2 Å². The average Bonchev–Trinajstić information content (AvgIpc) is 3.44. The Balaban J connectivity index is 1.17. The van der Waals surface area contributed by atoms with Gasteiger partial charge in [0, 0.05) is 25.0 Å². The molecule has 5 N–H and O–H groups in total. The summed E-state index contributed by atoms with van der Waals surface area (Å²) >= 11 is -2.23. The molecule has 4 heterocycles. The number of hydrogen-bond donors (Lipinski definition) is 5. The summed E-state index contributed by atoms with van der Waals surface area (Å²) in [5.74, 6) is 0.494. The summed E-state index contributed by atoms with van der Waals surface area (Å²) in [4.78, 5) is 17.0. The standard InChI is InChI=1S/C29H35FN8O2S/c1-2-37-15-10-29(11-16-37)12-17-38(18-13-29)25-8-7-20(19-22(25)30)32-28-34-26-21(9-14-31-26)27(35-28)33-23-5-3-4-6-24(23)36-41(39)40/h3-9,14,19,36H,2,10-13,15-18H2,1H3,(H,39,40)(H3,31,32,33,34,35). The van der Waals surface area contributed by atoms with Crippen LogP contribution in [0.25, 0.3) is 11.0 Å². The third kappa shape index (κ3) is 5.99. The molecule has 216 valence electrons. The topological polar surface area (TPSA) is 121 Å². The van der Waals surface area contributed by atoms with Crippen LogP contribution in [-0.4, -0.2) is 61.3 Å². The molecule has 2 saturated heterocycles. The molecular weight excluding hydrogens is 543 g/mol. The Morgan fingerprint density at radius 2 is 1.73 bits per heavy atom. The van der Waals surface area contributed by atoms with Gasteiger partial charge in [-0.1, -0.05) is 19.1 Å². The molecule has 0 bridgehead atoms. The van der Waals surface area contributed by atoms with Gasteiger partial charge in [-0.25, -0.2) is 8.60 Å². The average molecular weight is 579 g/mol. The van der Waals surface area contributed by atoms with Crippen LogP contribution in [0.4, 0.5) is 38.9 Å². The van der Waals surface area contributed by atoms with Crippen molar-refractivity contribution in [2.75, 3.05) is 53.0 Å². The summed E-state index contributed by atoms with van der Waals surface area (Å²) in [7, 11) is 0. The summed E-state index contributed by atoms with van der Waals surface area (Å²) in [5.41, 5.74) is 3.18. The van der Waals surface area contributed by atoms with Crippen molar-refractivity contribution in [1.82, 2.24) is 19.9 Å². The van der Waals surface area contributed by atoms with Crippen molar-refractivity contribution in [3.05, 3.63) is 60.5 Å². The number of para-hydroxylation sites is 2. The number of aromatic amines is 1. The summed E-state index contributed by atoms with van der Waals surface area (Å²) in [6.07, 6.45) is 6.45. The normalized spacial score (nSPS) is 18.0. The third-order valence-corrected chi connectivity index (χ3v) is 8.92. The molecule has 10 nitrogen and oxygen atoms in total. The van der Waals surface area contributed by atoms with Gasteiger partial charge in [0.2, 0.25) is 5.95 Å². The smallest absolute Gasteiger partial charge is 0.259 e. The number of halogens is 1. The van der Waals surface area contributed by atoms with Crippen LogP contribution in [0.5, 0.6) is 0 Å². The number of benzene rings is 2. The Kier molecular flexibility index (Phi) is 7.78. The molecule has 0 aliphatic carbocycles. The number of nitrogens with one attached hydrogen (secondary N) is 4. The molecule has 0 saturated carbocycles. The molecule has 1 atom stereocenters. The van der Waals surface area contributed by atoms with Gasteiger partial charge in [-0.15, -0.1) is 0 Å². The third-order valence-electron chi connectivity index (χ3n) is 8.53. The van der Waals surface area contributed by atoms with E-state index >= 15 is 4.39 Å². The Bertz CT molecular complexity index is 1550.